The molecule has 76 valence electrons. The highest BCUT2D eigenvalue weighted by Crippen LogP contribution is 2.34. The van der Waals surface area contributed by atoms with Gasteiger partial charge in [0, 0.05) is 0 Å². The molecule has 0 bridgehead atoms. The van der Waals surface area contributed by atoms with Gasteiger partial charge in [-0.3, -0.25) is 0 Å². The van der Waals surface area contributed by atoms with Crippen molar-refractivity contribution in [1.29, 1.82) is 0 Å². The number of benzene rings is 1. The van der Waals surface area contributed by atoms with Gasteiger partial charge in [0.25, 0.3) is 0 Å². The molecule has 1 rings (SSSR count). The van der Waals surface area contributed by atoms with Crippen molar-refractivity contribution in [3.05, 3.63) is 34.3 Å². The van der Waals surface area contributed by atoms with Crippen LogP contribution in [-0.2, 0) is 6.18 Å². The average molecular weight is 224 g/mol. The van der Waals surface area contributed by atoms with Gasteiger partial charge in [-0.15, -0.1) is 0 Å². The van der Waals surface area contributed by atoms with Crippen molar-refractivity contribution < 1.29 is 18.4 Å². The van der Waals surface area contributed by atoms with Gasteiger partial charge in [0.1, 0.15) is 0 Å². The molecule has 0 unspecified atom stereocenters. The summed E-state index contributed by atoms with van der Waals surface area (Å²) in [5, 5.41) is 10.4. The Hall–Kier alpha value is -1.23. The van der Waals surface area contributed by atoms with Crippen LogP contribution in [0, 0.1) is 0 Å². The van der Waals surface area contributed by atoms with Crippen LogP contribution in [0.3, 0.4) is 0 Å². The minimum atomic E-state index is -4.50. The average Bonchev–Trinajstić information content (AvgIpc) is 2.07. The summed E-state index contributed by atoms with van der Waals surface area (Å²) in [6, 6.07) is 3.22. The summed E-state index contributed by atoms with van der Waals surface area (Å²) in [5.74, 6) is 0. The molecule has 2 nitrogen and oxygen atoms in total. The van der Waals surface area contributed by atoms with E-state index in [9.17, 15) is 13.2 Å². The van der Waals surface area contributed by atoms with Crippen molar-refractivity contribution in [2.24, 2.45) is 5.16 Å². The summed E-state index contributed by atoms with van der Waals surface area (Å²) in [5.41, 5.74) is -0.819. The van der Waals surface area contributed by atoms with E-state index in [4.69, 9.17) is 16.8 Å². The molecular weight excluding hydrogens is 219 g/mol. The predicted octanol–water partition coefficient (Wildman–Crippen LogP) is 3.17. The van der Waals surface area contributed by atoms with Gasteiger partial charge in [0.15, 0.2) is 0 Å². The molecule has 0 aliphatic rings. The normalized spacial score (nSPS) is 12.3. The lowest BCUT2D eigenvalue weighted by atomic mass is 10.1. The van der Waals surface area contributed by atoms with Gasteiger partial charge in [-0.05, 0) is 17.7 Å². The molecule has 0 spiro atoms. The SMILES string of the molecule is O/N=C\c1ccc(Cl)c(C(F)(F)F)c1. The van der Waals surface area contributed by atoms with Crippen LogP contribution in [0.15, 0.2) is 23.4 Å². The monoisotopic (exact) mass is 223 g/mol. The van der Waals surface area contributed by atoms with Gasteiger partial charge >= 0.3 is 6.18 Å². The molecule has 0 aliphatic carbocycles. The lowest BCUT2D eigenvalue weighted by Crippen LogP contribution is -2.06. The van der Waals surface area contributed by atoms with Crippen LogP contribution < -0.4 is 0 Å². The molecule has 0 fully saturated rings. The standard InChI is InChI=1S/C8H5ClF3NO/c9-7-2-1-5(4-13-14)3-6(7)8(10,11)12/h1-4,14H/b13-4-. The fourth-order valence-electron chi connectivity index (χ4n) is 0.907. The number of nitrogens with zero attached hydrogens (tertiary/aromatic N) is 1. The molecule has 0 aromatic heterocycles. The summed E-state index contributed by atoms with van der Waals surface area (Å²) < 4.78 is 36.8. The van der Waals surface area contributed by atoms with Crippen LogP contribution >= 0.6 is 11.6 Å². The highest BCUT2D eigenvalue weighted by atomic mass is 35.5. The Morgan fingerprint density at radius 3 is 2.50 bits per heavy atom. The van der Waals surface area contributed by atoms with Crippen molar-refractivity contribution in [3.8, 4) is 0 Å². The van der Waals surface area contributed by atoms with Gasteiger partial charge in [-0.25, -0.2) is 0 Å². The fraction of sp³-hybridized carbons (Fsp3) is 0.125. The van der Waals surface area contributed by atoms with E-state index in [0.29, 0.717) is 0 Å². The van der Waals surface area contributed by atoms with Crippen LogP contribution in [0.25, 0.3) is 0 Å². The molecule has 6 heteroatoms. The van der Waals surface area contributed by atoms with Crippen molar-refractivity contribution >= 4 is 17.8 Å². The van der Waals surface area contributed by atoms with Gasteiger partial charge < -0.3 is 5.21 Å². The van der Waals surface area contributed by atoms with E-state index in [1.54, 1.807) is 0 Å². The molecule has 0 radical (unpaired) electrons. The number of oxime groups is 1. The van der Waals surface area contributed by atoms with E-state index >= 15 is 0 Å². The number of alkyl halides is 3. The van der Waals surface area contributed by atoms with Crippen LogP contribution in [0.2, 0.25) is 5.02 Å². The Morgan fingerprint density at radius 2 is 2.00 bits per heavy atom. The third-order valence-electron chi connectivity index (χ3n) is 1.50. The second kappa shape index (κ2) is 3.88. The van der Waals surface area contributed by atoms with Crippen LogP contribution in [0.5, 0.6) is 0 Å². The quantitative estimate of drug-likeness (QED) is 0.443. The Morgan fingerprint density at radius 1 is 1.36 bits per heavy atom. The molecule has 0 aliphatic heterocycles. The summed E-state index contributed by atoms with van der Waals surface area (Å²) >= 11 is 5.35. The van der Waals surface area contributed by atoms with Crippen molar-refractivity contribution in [2.75, 3.05) is 0 Å². The molecule has 0 amide bonds. The van der Waals surface area contributed by atoms with Crippen molar-refractivity contribution in [2.45, 2.75) is 6.18 Å². The Labute approximate surface area is 82.6 Å². The van der Waals surface area contributed by atoms with E-state index < -0.39 is 11.7 Å². The minimum Gasteiger partial charge on any atom is -0.411 e. The summed E-state index contributed by atoms with van der Waals surface area (Å²) in [7, 11) is 0. The number of halogens is 4. The zero-order chi connectivity index (χ0) is 10.8. The second-order valence-electron chi connectivity index (χ2n) is 2.48. The van der Waals surface area contributed by atoms with E-state index in [2.05, 4.69) is 5.16 Å². The smallest absolute Gasteiger partial charge is 0.411 e. The van der Waals surface area contributed by atoms with Gasteiger partial charge in [-0.1, -0.05) is 22.8 Å². The number of hydrogen-bond acceptors (Lipinski definition) is 2. The highest BCUT2D eigenvalue weighted by molar-refractivity contribution is 6.31. The van der Waals surface area contributed by atoms with Gasteiger partial charge in [0.2, 0.25) is 0 Å². The first-order chi connectivity index (χ1) is 6.45. The zero-order valence-corrected chi connectivity index (χ0v) is 7.47. The first-order valence-electron chi connectivity index (χ1n) is 3.49. The lowest BCUT2D eigenvalue weighted by Gasteiger charge is -2.08. The maximum Gasteiger partial charge on any atom is 0.417 e. The van der Waals surface area contributed by atoms with E-state index in [-0.39, 0.29) is 10.6 Å². The highest BCUT2D eigenvalue weighted by Gasteiger charge is 2.33. The van der Waals surface area contributed by atoms with Crippen LogP contribution in [-0.4, -0.2) is 11.4 Å². The first-order valence-corrected chi connectivity index (χ1v) is 3.87. The van der Waals surface area contributed by atoms with E-state index in [1.165, 1.54) is 6.07 Å². The Balaban J connectivity index is 3.22. The van der Waals surface area contributed by atoms with E-state index in [0.717, 1.165) is 18.3 Å². The van der Waals surface area contributed by atoms with Crippen LogP contribution in [0.4, 0.5) is 13.2 Å². The third-order valence-corrected chi connectivity index (χ3v) is 1.83. The molecule has 0 atom stereocenters. The number of rotatable bonds is 1. The minimum absolute atomic E-state index is 0.129. The molecule has 0 saturated carbocycles. The zero-order valence-electron chi connectivity index (χ0n) is 6.72. The third kappa shape index (κ3) is 2.38. The maximum absolute atomic E-state index is 12.3. The molecule has 0 heterocycles. The summed E-state index contributed by atoms with van der Waals surface area (Å²) in [6.07, 6.45) is -3.61. The molecule has 14 heavy (non-hydrogen) atoms. The molecule has 0 saturated heterocycles. The van der Waals surface area contributed by atoms with Gasteiger partial charge in [-0.2, -0.15) is 13.2 Å². The van der Waals surface area contributed by atoms with Gasteiger partial charge in [0.05, 0.1) is 16.8 Å². The fourth-order valence-corrected chi connectivity index (χ4v) is 1.13. The molecule has 1 aromatic rings. The largest absolute Gasteiger partial charge is 0.417 e. The van der Waals surface area contributed by atoms with Crippen LogP contribution in [0.1, 0.15) is 11.1 Å². The second-order valence-corrected chi connectivity index (χ2v) is 2.89. The predicted molar refractivity (Wildman–Crippen MR) is 45.8 cm³/mol. The maximum atomic E-state index is 12.3. The molecular formula is C8H5ClF3NO. The first kappa shape index (κ1) is 10.8. The van der Waals surface area contributed by atoms with E-state index in [1.807, 2.05) is 0 Å². The molecule has 1 N–H and O–H groups in total. The van der Waals surface area contributed by atoms with Crippen molar-refractivity contribution in [3.63, 3.8) is 0 Å². The van der Waals surface area contributed by atoms with Crippen molar-refractivity contribution in [1.82, 2.24) is 0 Å². The lowest BCUT2D eigenvalue weighted by molar-refractivity contribution is -0.137. The Bertz CT molecular complexity index is 362. The Kier molecular flexibility index (Phi) is 3.00. The summed E-state index contributed by atoms with van der Waals surface area (Å²) in [6.45, 7) is 0. The topological polar surface area (TPSA) is 32.6 Å². The molecule has 1 aromatic carbocycles. The number of hydrogen-bond donors (Lipinski definition) is 1. The summed E-state index contributed by atoms with van der Waals surface area (Å²) in [4.78, 5) is 0.